The number of methoxy groups -OCH3 is 1. The Morgan fingerprint density at radius 3 is 2.53 bits per heavy atom. The standard InChI is InChI=1S/C13H23BrN4O/c1-10(2)9-18(7-6-17(3)4)13-15-8-11(14)12(16-13)19-5/h8,10H,6-7,9H2,1-5H3. The number of halogens is 1. The fourth-order valence-electron chi connectivity index (χ4n) is 1.67. The van der Waals surface area contributed by atoms with Crippen molar-refractivity contribution in [1.29, 1.82) is 0 Å². The number of likely N-dealkylation sites (N-methyl/N-ethyl adjacent to an activating group) is 1. The summed E-state index contributed by atoms with van der Waals surface area (Å²) in [7, 11) is 5.75. The molecule has 0 saturated carbocycles. The summed E-state index contributed by atoms with van der Waals surface area (Å²) in [6.45, 7) is 7.18. The molecule has 0 aliphatic heterocycles. The van der Waals surface area contributed by atoms with Gasteiger partial charge in [0.2, 0.25) is 11.8 Å². The van der Waals surface area contributed by atoms with Crippen molar-refractivity contribution in [3.63, 3.8) is 0 Å². The Morgan fingerprint density at radius 2 is 2.00 bits per heavy atom. The van der Waals surface area contributed by atoms with E-state index in [1.807, 2.05) is 0 Å². The Balaban J connectivity index is 2.89. The fourth-order valence-corrected chi connectivity index (χ4v) is 2.03. The molecule has 0 fully saturated rings. The van der Waals surface area contributed by atoms with Crippen LogP contribution in [0.5, 0.6) is 5.88 Å². The van der Waals surface area contributed by atoms with E-state index < -0.39 is 0 Å². The Kier molecular flexibility index (Phi) is 6.51. The van der Waals surface area contributed by atoms with E-state index in [9.17, 15) is 0 Å². The van der Waals surface area contributed by atoms with Gasteiger partial charge in [0.15, 0.2) is 0 Å². The summed E-state index contributed by atoms with van der Waals surface area (Å²) in [6, 6.07) is 0. The van der Waals surface area contributed by atoms with E-state index in [4.69, 9.17) is 4.74 Å². The van der Waals surface area contributed by atoms with Crippen LogP contribution in [-0.4, -0.2) is 55.7 Å². The van der Waals surface area contributed by atoms with Gasteiger partial charge < -0.3 is 14.5 Å². The van der Waals surface area contributed by atoms with Gasteiger partial charge in [0.25, 0.3) is 0 Å². The maximum Gasteiger partial charge on any atom is 0.232 e. The van der Waals surface area contributed by atoms with E-state index in [0.29, 0.717) is 11.8 Å². The third-order valence-corrected chi connectivity index (χ3v) is 3.12. The van der Waals surface area contributed by atoms with Crippen LogP contribution in [0.25, 0.3) is 0 Å². The smallest absolute Gasteiger partial charge is 0.232 e. The van der Waals surface area contributed by atoms with Gasteiger partial charge in [-0.05, 0) is 35.9 Å². The molecule has 0 atom stereocenters. The van der Waals surface area contributed by atoms with Gasteiger partial charge in [-0.25, -0.2) is 4.98 Å². The molecule has 0 saturated heterocycles. The number of hydrogen-bond donors (Lipinski definition) is 0. The molecule has 1 aromatic rings. The summed E-state index contributed by atoms with van der Waals surface area (Å²) in [6.07, 6.45) is 1.74. The first-order valence-corrected chi connectivity index (χ1v) is 7.19. The zero-order valence-electron chi connectivity index (χ0n) is 12.4. The van der Waals surface area contributed by atoms with Gasteiger partial charge in [0, 0.05) is 19.6 Å². The second kappa shape index (κ2) is 7.65. The van der Waals surface area contributed by atoms with Gasteiger partial charge >= 0.3 is 0 Å². The third kappa shape index (κ3) is 5.32. The van der Waals surface area contributed by atoms with Crippen molar-refractivity contribution in [2.24, 2.45) is 5.92 Å². The highest BCUT2D eigenvalue weighted by Crippen LogP contribution is 2.23. The van der Waals surface area contributed by atoms with E-state index in [2.05, 4.69) is 63.6 Å². The number of nitrogens with zero attached hydrogens (tertiary/aromatic N) is 4. The van der Waals surface area contributed by atoms with Crippen LogP contribution in [0.1, 0.15) is 13.8 Å². The molecule has 19 heavy (non-hydrogen) atoms. The lowest BCUT2D eigenvalue weighted by Crippen LogP contribution is -2.35. The molecule has 0 spiro atoms. The van der Waals surface area contributed by atoms with Gasteiger partial charge in [0.05, 0.1) is 17.8 Å². The van der Waals surface area contributed by atoms with Crippen molar-refractivity contribution >= 4 is 21.9 Å². The van der Waals surface area contributed by atoms with Crippen molar-refractivity contribution in [2.45, 2.75) is 13.8 Å². The zero-order valence-corrected chi connectivity index (χ0v) is 13.9. The Bertz CT molecular complexity index is 398. The monoisotopic (exact) mass is 330 g/mol. The Morgan fingerprint density at radius 1 is 1.32 bits per heavy atom. The summed E-state index contributed by atoms with van der Waals surface area (Å²) < 4.78 is 6.01. The minimum Gasteiger partial charge on any atom is -0.480 e. The summed E-state index contributed by atoms with van der Waals surface area (Å²) in [5, 5.41) is 0. The van der Waals surface area contributed by atoms with Crippen molar-refractivity contribution in [2.75, 3.05) is 45.7 Å². The summed E-state index contributed by atoms with van der Waals surface area (Å²) in [5.74, 6) is 1.85. The van der Waals surface area contributed by atoms with Crippen LogP contribution in [-0.2, 0) is 0 Å². The van der Waals surface area contributed by atoms with Crippen LogP contribution in [0.3, 0.4) is 0 Å². The maximum absolute atomic E-state index is 5.23. The molecular formula is C13H23BrN4O. The quantitative estimate of drug-likeness (QED) is 0.767. The molecule has 0 aliphatic rings. The SMILES string of the molecule is COc1nc(N(CCN(C)C)CC(C)C)ncc1Br. The molecule has 5 nitrogen and oxygen atoms in total. The molecule has 0 amide bonds. The number of rotatable bonds is 7. The number of aromatic nitrogens is 2. The molecule has 6 heteroatoms. The first-order chi connectivity index (χ1) is 8.93. The molecule has 0 radical (unpaired) electrons. The predicted octanol–water partition coefficient (Wildman–Crippen LogP) is 2.27. The molecule has 0 N–H and O–H groups in total. The average molecular weight is 331 g/mol. The molecule has 1 rings (SSSR count). The second-order valence-electron chi connectivity index (χ2n) is 5.17. The first kappa shape index (κ1) is 16.2. The highest BCUT2D eigenvalue weighted by Gasteiger charge is 2.14. The van der Waals surface area contributed by atoms with Crippen molar-refractivity contribution in [3.8, 4) is 5.88 Å². The van der Waals surface area contributed by atoms with E-state index in [1.165, 1.54) is 0 Å². The largest absolute Gasteiger partial charge is 0.480 e. The topological polar surface area (TPSA) is 41.5 Å². The van der Waals surface area contributed by atoms with Crippen molar-refractivity contribution in [3.05, 3.63) is 10.7 Å². The van der Waals surface area contributed by atoms with Crippen LogP contribution in [0, 0.1) is 5.92 Å². The van der Waals surface area contributed by atoms with E-state index in [-0.39, 0.29) is 0 Å². The van der Waals surface area contributed by atoms with Crippen LogP contribution in [0.2, 0.25) is 0 Å². The highest BCUT2D eigenvalue weighted by molar-refractivity contribution is 9.10. The van der Waals surface area contributed by atoms with Crippen molar-refractivity contribution < 1.29 is 4.74 Å². The summed E-state index contributed by atoms with van der Waals surface area (Å²) in [5.41, 5.74) is 0. The molecule has 0 aliphatic carbocycles. The highest BCUT2D eigenvalue weighted by atomic mass is 79.9. The fraction of sp³-hybridized carbons (Fsp3) is 0.692. The lowest BCUT2D eigenvalue weighted by molar-refractivity contribution is 0.390. The molecule has 1 heterocycles. The van der Waals surface area contributed by atoms with E-state index in [0.717, 1.165) is 30.1 Å². The minimum absolute atomic E-state index is 0.556. The predicted molar refractivity (Wildman–Crippen MR) is 81.9 cm³/mol. The number of anilines is 1. The van der Waals surface area contributed by atoms with Crippen LogP contribution in [0.4, 0.5) is 5.95 Å². The molecule has 0 aromatic carbocycles. The Hall–Kier alpha value is -0.880. The number of ether oxygens (including phenoxy) is 1. The molecule has 0 bridgehead atoms. The Labute approximate surface area is 124 Å². The molecule has 1 aromatic heterocycles. The van der Waals surface area contributed by atoms with Gasteiger partial charge in [-0.2, -0.15) is 4.98 Å². The van der Waals surface area contributed by atoms with Crippen molar-refractivity contribution in [1.82, 2.24) is 14.9 Å². The number of hydrogen-bond acceptors (Lipinski definition) is 5. The molecule has 108 valence electrons. The van der Waals surface area contributed by atoms with Crippen LogP contribution in [0.15, 0.2) is 10.7 Å². The summed E-state index contributed by atoms with van der Waals surface area (Å²) >= 11 is 3.38. The van der Waals surface area contributed by atoms with E-state index >= 15 is 0 Å². The molecular weight excluding hydrogens is 308 g/mol. The lowest BCUT2D eigenvalue weighted by Gasteiger charge is -2.26. The maximum atomic E-state index is 5.23. The van der Waals surface area contributed by atoms with Gasteiger partial charge in [-0.3, -0.25) is 0 Å². The van der Waals surface area contributed by atoms with Gasteiger partial charge in [-0.15, -0.1) is 0 Å². The third-order valence-electron chi connectivity index (χ3n) is 2.58. The second-order valence-corrected chi connectivity index (χ2v) is 6.02. The zero-order chi connectivity index (χ0) is 14.4. The lowest BCUT2D eigenvalue weighted by atomic mass is 10.2. The van der Waals surface area contributed by atoms with Crippen LogP contribution >= 0.6 is 15.9 Å². The molecule has 0 unspecified atom stereocenters. The summed E-state index contributed by atoms with van der Waals surface area (Å²) in [4.78, 5) is 13.2. The van der Waals surface area contributed by atoms with E-state index in [1.54, 1.807) is 13.3 Å². The minimum atomic E-state index is 0.556. The average Bonchev–Trinajstić information content (AvgIpc) is 2.34. The van der Waals surface area contributed by atoms with Gasteiger partial charge in [-0.1, -0.05) is 13.8 Å². The first-order valence-electron chi connectivity index (χ1n) is 6.40. The van der Waals surface area contributed by atoms with Gasteiger partial charge in [0.1, 0.15) is 0 Å². The van der Waals surface area contributed by atoms with Crippen LogP contribution < -0.4 is 9.64 Å². The normalized spacial score (nSPS) is 11.2.